The Kier molecular flexibility index (Phi) is 3.08. The van der Waals surface area contributed by atoms with Gasteiger partial charge in [-0.1, -0.05) is 11.6 Å². The zero-order valence-corrected chi connectivity index (χ0v) is 8.18. The lowest BCUT2D eigenvalue weighted by Gasteiger charge is -2.08. The van der Waals surface area contributed by atoms with E-state index in [9.17, 15) is 14.3 Å². The van der Waals surface area contributed by atoms with Crippen LogP contribution in [0.15, 0.2) is 12.1 Å². The highest BCUT2D eigenvalue weighted by Gasteiger charge is 2.21. The molecule has 0 radical (unpaired) electrons. The number of hydrogen-bond donors (Lipinski definition) is 2. The number of phenols is 1. The van der Waals surface area contributed by atoms with Crippen molar-refractivity contribution in [2.45, 2.75) is 13.0 Å². The van der Waals surface area contributed by atoms with E-state index < -0.39 is 29.0 Å². The number of hydrogen-bond acceptors (Lipinski definition) is 3. The van der Waals surface area contributed by atoms with Gasteiger partial charge in [0.1, 0.15) is 11.6 Å². The summed E-state index contributed by atoms with van der Waals surface area (Å²) in [6.07, 6.45) is 0. The monoisotopic (exact) mass is 217 g/mol. The van der Waals surface area contributed by atoms with Crippen molar-refractivity contribution < 1.29 is 14.3 Å². The van der Waals surface area contributed by atoms with E-state index in [0.29, 0.717) is 0 Å². The van der Waals surface area contributed by atoms with E-state index in [-0.39, 0.29) is 5.02 Å². The molecule has 1 atom stereocenters. The first-order valence-corrected chi connectivity index (χ1v) is 4.29. The molecule has 76 valence electrons. The number of carbonyl (C=O) groups excluding carboxylic acids is 1. The molecule has 0 amide bonds. The van der Waals surface area contributed by atoms with E-state index in [4.69, 9.17) is 17.3 Å². The molecule has 5 heteroatoms. The topological polar surface area (TPSA) is 63.3 Å². The van der Waals surface area contributed by atoms with E-state index in [2.05, 4.69) is 0 Å². The second kappa shape index (κ2) is 3.94. The van der Waals surface area contributed by atoms with Crippen molar-refractivity contribution in [1.82, 2.24) is 0 Å². The zero-order chi connectivity index (χ0) is 10.9. The molecule has 0 aliphatic heterocycles. The van der Waals surface area contributed by atoms with Crippen molar-refractivity contribution in [1.29, 1.82) is 0 Å². The summed E-state index contributed by atoms with van der Waals surface area (Å²) in [6, 6.07) is 1.30. The molecule has 0 aromatic heterocycles. The standard InChI is InChI=1S/C9H9ClFNO2/c1-4(12)8(13)7-6(11)3-2-5(10)9(7)14/h2-4,14H,12H2,1H3. The zero-order valence-electron chi connectivity index (χ0n) is 7.42. The van der Waals surface area contributed by atoms with Gasteiger partial charge in [0.2, 0.25) is 0 Å². The summed E-state index contributed by atoms with van der Waals surface area (Å²) in [6.45, 7) is 1.40. The summed E-state index contributed by atoms with van der Waals surface area (Å²) >= 11 is 5.52. The molecular weight excluding hydrogens is 209 g/mol. The van der Waals surface area contributed by atoms with Crippen LogP contribution < -0.4 is 5.73 Å². The molecule has 0 bridgehead atoms. The molecule has 0 saturated heterocycles. The predicted molar refractivity (Wildman–Crippen MR) is 51.1 cm³/mol. The second-order valence-corrected chi connectivity index (χ2v) is 3.31. The number of carbonyl (C=O) groups is 1. The molecule has 0 aliphatic carbocycles. The van der Waals surface area contributed by atoms with Gasteiger partial charge in [-0.2, -0.15) is 0 Å². The highest BCUT2D eigenvalue weighted by atomic mass is 35.5. The smallest absolute Gasteiger partial charge is 0.185 e. The molecule has 3 nitrogen and oxygen atoms in total. The Bertz CT molecular complexity index is 379. The minimum atomic E-state index is -0.881. The minimum absolute atomic E-state index is 0.0737. The van der Waals surface area contributed by atoms with E-state index >= 15 is 0 Å². The van der Waals surface area contributed by atoms with Crippen LogP contribution in [-0.2, 0) is 0 Å². The summed E-state index contributed by atoms with van der Waals surface area (Å²) in [7, 11) is 0. The number of Topliss-reactive ketones (excluding diaryl/α,β-unsaturated/α-hetero) is 1. The maximum atomic E-state index is 13.1. The third kappa shape index (κ3) is 1.86. The fourth-order valence-electron chi connectivity index (χ4n) is 1.00. The molecule has 0 spiro atoms. The lowest BCUT2D eigenvalue weighted by atomic mass is 10.0. The van der Waals surface area contributed by atoms with Gasteiger partial charge in [0.25, 0.3) is 0 Å². The fourth-order valence-corrected chi connectivity index (χ4v) is 1.16. The first kappa shape index (κ1) is 10.9. The molecule has 14 heavy (non-hydrogen) atoms. The Morgan fingerprint density at radius 2 is 2.21 bits per heavy atom. The van der Waals surface area contributed by atoms with E-state index in [1.807, 2.05) is 0 Å². The fraction of sp³-hybridized carbons (Fsp3) is 0.222. The van der Waals surface area contributed by atoms with Gasteiger partial charge in [0.05, 0.1) is 16.6 Å². The van der Waals surface area contributed by atoms with Crippen LogP contribution in [0.1, 0.15) is 17.3 Å². The average Bonchev–Trinajstić information content (AvgIpc) is 2.12. The number of nitrogens with two attached hydrogens (primary N) is 1. The van der Waals surface area contributed by atoms with E-state index in [0.717, 1.165) is 6.07 Å². The molecule has 0 fully saturated rings. The maximum Gasteiger partial charge on any atom is 0.185 e. The van der Waals surface area contributed by atoms with Gasteiger partial charge in [-0.3, -0.25) is 4.79 Å². The summed E-state index contributed by atoms with van der Waals surface area (Å²) < 4.78 is 13.1. The first-order valence-electron chi connectivity index (χ1n) is 3.92. The van der Waals surface area contributed by atoms with Crippen LogP contribution in [0.2, 0.25) is 5.02 Å². The Hall–Kier alpha value is -1.13. The molecule has 1 rings (SSSR count). The van der Waals surface area contributed by atoms with E-state index in [1.165, 1.54) is 13.0 Å². The van der Waals surface area contributed by atoms with Gasteiger partial charge in [-0.25, -0.2) is 4.39 Å². The third-order valence-electron chi connectivity index (χ3n) is 1.74. The highest BCUT2D eigenvalue weighted by molar-refractivity contribution is 6.32. The lowest BCUT2D eigenvalue weighted by molar-refractivity contribution is 0.0961. The quantitative estimate of drug-likeness (QED) is 0.742. The number of phenolic OH excluding ortho intramolecular Hbond substituents is 1. The molecule has 0 heterocycles. The number of ketones is 1. The average molecular weight is 218 g/mol. The van der Waals surface area contributed by atoms with E-state index in [1.54, 1.807) is 0 Å². The number of benzene rings is 1. The molecule has 0 saturated carbocycles. The van der Waals surface area contributed by atoms with Gasteiger partial charge in [0, 0.05) is 0 Å². The Labute approximate surface area is 85.3 Å². The second-order valence-electron chi connectivity index (χ2n) is 2.91. The van der Waals surface area contributed by atoms with Crippen molar-refractivity contribution in [3.05, 3.63) is 28.5 Å². The van der Waals surface area contributed by atoms with Crippen LogP contribution in [0.25, 0.3) is 0 Å². The maximum absolute atomic E-state index is 13.1. The van der Waals surface area contributed by atoms with Crippen LogP contribution in [-0.4, -0.2) is 16.9 Å². The number of halogens is 2. The van der Waals surface area contributed by atoms with Crippen molar-refractivity contribution in [2.24, 2.45) is 5.73 Å². The Morgan fingerprint density at radius 3 is 2.71 bits per heavy atom. The Balaban J connectivity index is 3.33. The van der Waals surface area contributed by atoms with Gasteiger partial charge in [-0.15, -0.1) is 0 Å². The molecule has 1 aromatic rings. The molecule has 0 aliphatic rings. The highest BCUT2D eigenvalue weighted by Crippen LogP contribution is 2.29. The third-order valence-corrected chi connectivity index (χ3v) is 2.04. The van der Waals surface area contributed by atoms with Gasteiger partial charge >= 0.3 is 0 Å². The van der Waals surface area contributed by atoms with Crippen molar-refractivity contribution in [2.75, 3.05) is 0 Å². The van der Waals surface area contributed by atoms with Gasteiger partial charge in [0.15, 0.2) is 5.78 Å². The molecule has 1 aromatic carbocycles. The summed E-state index contributed by atoms with van der Waals surface area (Å²) in [5, 5.41) is 9.28. The van der Waals surface area contributed by atoms with Crippen LogP contribution in [0, 0.1) is 5.82 Å². The van der Waals surface area contributed by atoms with Gasteiger partial charge in [-0.05, 0) is 19.1 Å². The summed E-state index contributed by atoms with van der Waals surface area (Å²) in [4.78, 5) is 11.4. The SMILES string of the molecule is CC(N)C(=O)c1c(F)ccc(Cl)c1O. The van der Waals surface area contributed by atoms with Crippen LogP contribution in [0.5, 0.6) is 5.75 Å². The van der Waals surface area contributed by atoms with Crippen molar-refractivity contribution in [3.63, 3.8) is 0 Å². The van der Waals surface area contributed by atoms with Crippen molar-refractivity contribution in [3.8, 4) is 5.75 Å². The molecule has 1 unspecified atom stereocenters. The summed E-state index contributed by atoms with van der Waals surface area (Å²) in [5.41, 5.74) is 4.83. The molecular formula is C9H9ClFNO2. The Morgan fingerprint density at radius 1 is 1.64 bits per heavy atom. The minimum Gasteiger partial charge on any atom is -0.506 e. The lowest BCUT2D eigenvalue weighted by Crippen LogP contribution is -2.27. The normalized spacial score (nSPS) is 12.6. The first-order chi connectivity index (χ1) is 6.45. The van der Waals surface area contributed by atoms with Gasteiger partial charge < -0.3 is 10.8 Å². The number of aromatic hydroxyl groups is 1. The predicted octanol–water partition coefficient (Wildman–Crippen LogP) is 1.71. The summed E-state index contributed by atoms with van der Waals surface area (Å²) in [5.74, 6) is -2.06. The largest absolute Gasteiger partial charge is 0.506 e. The van der Waals surface area contributed by atoms with Crippen LogP contribution in [0.4, 0.5) is 4.39 Å². The molecule has 3 N–H and O–H groups in total. The van der Waals surface area contributed by atoms with Crippen LogP contribution >= 0.6 is 11.6 Å². The van der Waals surface area contributed by atoms with Crippen LogP contribution in [0.3, 0.4) is 0 Å². The number of rotatable bonds is 2. The van der Waals surface area contributed by atoms with Crippen molar-refractivity contribution >= 4 is 17.4 Å².